The second-order valence-electron chi connectivity index (χ2n) is 10.6. The van der Waals surface area contributed by atoms with Crippen LogP contribution in [0.4, 0.5) is 0 Å². The van der Waals surface area contributed by atoms with Gasteiger partial charge in [0.05, 0.1) is 18.1 Å². The van der Waals surface area contributed by atoms with E-state index in [2.05, 4.69) is 20.4 Å². The molecule has 0 aromatic heterocycles. The highest BCUT2D eigenvalue weighted by Gasteiger charge is 2.83. The van der Waals surface area contributed by atoms with E-state index in [1.54, 1.807) is 0 Å². The summed E-state index contributed by atoms with van der Waals surface area (Å²) in [6.07, 6.45) is 1.59. The Labute approximate surface area is 165 Å². The van der Waals surface area contributed by atoms with Crippen LogP contribution in [-0.4, -0.2) is 46.6 Å². The Morgan fingerprint density at radius 2 is 2.04 bits per heavy atom. The normalized spacial score (nSPS) is 53.5. The van der Waals surface area contributed by atoms with Crippen molar-refractivity contribution in [2.75, 3.05) is 6.61 Å². The molecule has 4 saturated carbocycles. The van der Waals surface area contributed by atoms with E-state index in [1.807, 2.05) is 0 Å². The van der Waals surface area contributed by atoms with Crippen molar-refractivity contribution < 1.29 is 29.3 Å². The summed E-state index contributed by atoms with van der Waals surface area (Å²) in [5.74, 6) is -2.76. The highest BCUT2D eigenvalue weighted by atomic mass is 16.6. The summed E-state index contributed by atoms with van der Waals surface area (Å²) in [5.41, 5.74) is -1.51. The molecule has 6 fully saturated rings. The number of fused-ring (bicyclic) bond motifs is 2. The molecule has 0 aromatic carbocycles. The van der Waals surface area contributed by atoms with Gasteiger partial charge < -0.3 is 19.7 Å². The minimum atomic E-state index is -1.61. The fourth-order valence-electron chi connectivity index (χ4n) is 8.00. The Balaban J connectivity index is 1.76. The van der Waals surface area contributed by atoms with Gasteiger partial charge in [0.25, 0.3) is 0 Å². The molecule has 2 saturated heterocycles. The van der Waals surface area contributed by atoms with Crippen LogP contribution in [0.3, 0.4) is 0 Å². The summed E-state index contributed by atoms with van der Waals surface area (Å²) in [4.78, 5) is 25.5. The van der Waals surface area contributed by atoms with Gasteiger partial charge in [0.1, 0.15) is 6.10 Å². The largest absolute Gasteiger partial charge is 0.462 e. The van der Waals surface area contributed by atoms with Gasteiger partial charge in [-0.1, -0.05) is 20.4 Å². The van der Waals surface area contributed by atoms with Gasteiger partial charge in [0.15, 0.2) is 11.6 Å². The second-order valence-corrected chi connectivity index (χ2v) is 10.6. The lowest BCUT2D eigenvalue weighted by Gasteiger charge is -2.73. The van der Waals surface area contributed by atoms with Crippen LogP contribution in [0.2, 0.25) is 0 Å². The number of ketones is 1. The van der Waals surface area contributed by atoms with Gasteiger partial charge in [-0.05, 0) is 48.5 Å². The molecular formula is C22H30O6. The average molecular weight is 390 g/mol. The van der Waals surface area contributed by atoms with Gasteiger partial charge in [-0.3, -0.25) is 9.59 Å². The van der Waals surface area contributed by atoms with Crippen molar-refractivity contribution >= 4 is 11.8 Å². The van der Waals surface area contributed by atoms with E-state index < -0.39 is 40.7 Å². The third-order valence-electron chi connectivity index (χ3n) is 9.09. The molecule has 6 nitrogen and oxygen atoms in total. The number of Topliss-reactive ketones (excluding diaryl/α,β-unsaturated/α-hetero) is 1. The van der Waals surface area contributed by atoms with E-state index in [4.69, 9.17) is 9.47 Å². The Kier molecular flexibility index (Phi) is 3.53. The van der Waals surface area contributed by atoms with Crippen molar-refractivity contribution in [1.82, 2.24) is 0 Å². The van der Waals surface area contributed by atoms with E-state index in [9.17, 15) is 19.8 Å². The monoisotopic (exact) mass is 390 g/mol. The predicted octanol–water partition coefficient (Wildman–Crippen LogP) is 1.98. The van der Waals surface area contributed by atoms with Gasteiger partial charge in [-0.25, -0.2) is 0 Å². The smallest absolute Gasteiger partial charge is 0.302 e. The number of hydrogen-bond acceptors (Lipinski definition) is 6. The zero-order valence-corrected chi connectivity index (χ0v) is 16.9. The Bertz CT molecular complexity index is 788. The molecule has 4 aliphatic carbocycles. The van der Waals surface area contributed by atoms with Crippen molar-refractivity contribution in [2.24, 2.45) is 34.0 Å². The number of aliphatic hydroxyl groups excluding tert-OH is 1. The van der Waals surface area contributed by atoms with Crippen molar-refractivity contribution in [3.05, 3.63) is 12.2 Å². The van der Waals surface area contributed by atoms with Gasteiger partial charge >= 0.3 is 5.97 Å². The van der Waals surface area contributed by atoms with Gasteiger partial charge in [-0.15, -0.1) is 0 Å². The lowest BCUT2D eigenvalue weighted by molar-refractivity contribution is -0.423. The number of rotatable bonds is 1. The minimum Gasteiger partial charge on any atom is -0.462 e. The maximum Gasteiger partial charge on any atom is 0.302 e. The number of ether oxygens (including phenoxy) is 2. The Hall–Kier alpha value is -1.24. The van der Waals surface area contributed by atoms with Gasteiger partial charge in [0, 0.05) is 24.7 Å². The van der Waals surface area contributed by atoms with Crippen LogP contribution in [0.1, 0.15) is 52.9 Å². The maximum atomic E-state index is 13.5. The molecule has 0 aromatic rings. The maximum absolute atomic E-state index is 13.5. The SMILES string of the molecule is C=C1C(=O)[C@]23C[C@H]1C[C@H](OC(C)=O)[C@H]2[C@@]12CO[C@@]3(O)C[C@@H]1C(C)(C)CC[C@@H]2O. The van der Waals surface area contributed by atoms with Crippen LogP contribution in [0, 0.1) is 34.0 Å². The lowest BCUT2D eigenvalue weighted by atomic mass is 9.36. The number of hydrogen-bond donors (Lipinski definition) is 2. The quantitative estimate of drug-likeness (QED) is 0.525. The third kappa shape index (κ3) is 1.86. The topological polar surface area (TPSA) is 93.1 Å². The predicted molar refractivity (Wildman–Crippen MR) is 98.8 cm³/mol. The molecule has 28 heavy (non-hydrogen) atoms. The van der Waals surface area contributed by atoms with Crippen LogP contribution in [-0.2, 0) is 19.1 Å². The lowest BCUT2D eigenvalue weighted by Crippen LogP contribution is -2.80. The van der Waals surface area contributed by atoms with Crippen molar-refractivity contribution in [2.45, 2.75) is 70.9 Å². The van der Waals surface area contributed by atoms with E-state index in [-0.39, 0.29) is 29.6 Å². The molecule has 6 heteroatoms. The summed E-state index contributed by atoms with van der Waals surface area (Å²) < 4.78 is 11.8. The standard InChI is InChI=1S/C22H30O6/c1-11-13-7-14(28-12(2)23)17-20-10-27-22(26,21(17,8-13)18(11)25)9-15(20)19(3,4)6-5-16(20)24/h13-17,24,26H,1,5-10H2,2-4H3/t13-,14+,15-,16+,17+,20+,21+,22+/m1/s1. The number of esters is 1. The highest BCUT2D eigenvalue weighted by molar-refractivity contribution is 6.04. The summed E-state index contributed by atoms with van der Waals surface area (Å²) in [5, 5.41) is 23.1. The molecule has 2 aliphatic heterocycles. The number of aliphatic hydroxyl groups is 2. The number of carbonyl (C=O) groups excluding carboxylic acids is 2. The molecule has 6 aliphatic rings. The number of carbonyl (C=O) groups is 2. The van der Waals surface area contributed by atoms with Crippen molar-refractivity contribution in [1.29, 1.82) is 0 Å². The first-order valence-electron chi connectivity index (χ1n) is 10.4. The molecule has 6 rings (SSSR count). The fraction of sp³-hybridized carbons (Fsp3) is 0.818. The second kappa shape index (κ2) is 5.27. The van der Waals surface area contributed by atoms with Gasteiger partial charge in [-0.2, -0.15) is 0 Å². The zero-order chi connectivity index (χ0) is 20.3. The molecular weight excluding hydrogens is 360 g/mol. The molecule has 2 heterocycles. The van der Waals surface area contributed by atoms with E-state index >= 15 is 0 Å². The van der Waals surface area contributed by atoms with Crippen molar-refractivity contribution in [3.8, 4) is 0 Å². The third-order valence-corrected chi connectivity index (χ3v) is 9.09. The zero-order valence-electron chi connectivity index (χ0n) is 16.9. The molecule has 0 unspecified atom stereocenters. The minimum absolute atomic E-state index is 0.0191. The number of allylic oxidation sites excluding steroid dienone is 1. The average Bonchev–Trinajstić information content (AvgIpc) is 2.81. The Morgan fingerprint density at radius 3 is 2.71 bits per heavy atom. The van der Waals surface area contributed by atoms with Crippen LogP contribution in [0.25, 0.3) is 0 Å². The van der Waals surface area contributed by atoms with Crippen LogP contribution in [0.5, 0.6) is 0 Å². The summed E-state index contributed by atoms with van der Waals surface area (Å²) in [7, 11) is 0. The highest BCUT2D eigenvalue weighted by Crippen LogP contribution is 2.76. The fourth-order valence-corrected chi connectivity index (χ4v) is 8.00. The molecule has 8 atom stereocenters. The summed E-state index contributed by atoms with van der Waals surface area (Å²) in [6, 6.07) is 0. The molecule has 0 radical (unpaired) electrons. The van der Waals surface area contributed by atoms with E-state index in [0.29, 0.717) is 31.3 Å². The van der Waals surface area contributed by atoms with Crippen LogP contribution < -0.4 is 0 Å². The first-order chi connectivity index (χ1) is 13.0. The molecule has 2 N–H and O–H groups in total. The van der Waals surface area contributed by atoms with E-state index in [1.165, 1.54) is 6.92 Å². The molecule has 154 valence electrons. The molecule has 4 bridgehead atoms. The summed E-state index contributed by atoms with van der Waals surface area (Å²) >= 11 is 0. The van der Waals surface area contributed by atoms with Crippen molar-refractivity contribution in [3.63, 3.8) is 0 Å². The van der Waals surface area contributed by atoms with E-state index in [0.717, 1.165) is 6.42 Å². The van der Waals surface area contributed by atoms with Crippen LogP contribution >= 0.6 is 0 Å². The Morgan fingerprint density at radius 1 is 1.32 bits per heavy atom. The molecule has 2 spiro atoms. The molecule has 0 amide bonds. The van der Waals surface area contributed by atoms with Gasteiger partial charge in [0.2, 0.25) is 0 Å². The summed E-state index contributed by atoms with van der Waals surface area (Å²) in [6.45, 7) is 9.93. The first kappa shape index (κ1) is 18.8. The first-order valence-corrected chi connectivity index (χ1v) is 10.4. The van der Waals surface area contributed by atoms with Crippen LogP contribution in [0.15, 0.2) is 12.2 Å².